The Morgan fingerprint density at radius 1 is 1.20 bits per heavy atom. The molecule has 0 radical (unpaired) electrons. The average molecular weight is 280 g/mol. The van der Waals surface area contributed by atoms with Crippen LogP contribution in [0.25, 0.3) is 0 Å². The van der Waals surface area contributed by atoms with E-state index >= 15 is 0 Å². The fourth-order valence-corrected chi connectivity index (χ4v) is 3.24. The summed E-state index contributed by atoms with van der Waals surface area (Å²) < 4.78 is 0. The minimum absolute atomic E-state index is 0.0618. The van der Waals surface area contributed by atoms with Crippen LogP contribution in [0.3, 0.4) is 0 Å². The molecule has 1 aliphatic carbocycles. The number of carbonyl (C=O) groups excluding carboxylic acids is 3. The molecule has 1 spiro atoms. The van der Waals surface area contributed by atoms with Crippen LogP contribution in [0.5, 0.6) is 0 Å². The Bertz CT molecular complexity index is 464. The van der Waals surface area contributed by atoms with Crippen molar-refractivity contribution < 1.29 is 14.4 Å². The molecule has 0 unspecified atom stereocenters. The molecule has 1 saturated carbocycles. The number of nitrogens with one attached hydrogen (secondary N) is 2. The van der Waals surface area contributed by atoms with Crippen molar-refractivity contribution in [3.63, 3.8) is 0 Å². The van der Waals surface area contributed by atoms with Crippen LogP contribution < -0.4 is 16.4 Å². The summed E-state index contributed by atoms with van der Waals surface area (Å²) in [5.74, 6) is -0.212. The minimum atomic E-state index is -0.815. The van der Waals surface area contributed by atoms with Gasteiger partial charge in [0.15, 0.2) is 0 Å². The van der Waals surface area contributed by atoms with Crippen molar-refractivity contribution in [2.45, 2.75) is 49.6 Å². The maximum Gasteiger partial charge on any atom is 0.322 e. The third kappa shape index (κ3) is 2.15. The van der Waals surface area contributed by atoms with E-state index in [4.69, 9.17) is 5.73 Å². The SMILES string of the molecule is NC1(CC(=O)N2CCC3(CC2)NC(=O)NC3=O)CCC1. The molecule has 2 aliphatic heterocycles. The predicted octanol–water partition coefficient (Wildman–Crippen LogP) is -0.541. The number of imide groups is 1. The molecule has 3 fully saturated rings. The average Bonchev–Trinajstić information content (AvgIpc) is 2.63. The highest BCUT2D eigenvalue weighted by atomic mass is 16.2. The number of carbonyl (C=O) groups is 3. The Morgan fingerprint density at radius 2 is 1.85 bits per heavy atom. The standard InChI is InChI=1S/C13H20N4O3/c14-12(2-1-3-12)8-9(18)17-6-4-13(5-7-17)10(19)15-11(20)16-13/h1-8,14H2,(H2,15,16,19,20). The zero-order chi connectivity index (χ0) is 14.4. The summed E-state index contributed by atoms with van der Waals surface area (Å²) >= 11 is 0. The lowest BCUT2D eigenvalue weighted by atomic mass is 9.75. The van der Waals surface area contributed by atoms with Gasteiger partial charge in [0, 0.05) is 25.0 Å². The van der Waals surface area contributed by atoms with Gasteiger partial charge in [0.1, 0.15) is 5.54 Å². The molecule has 0 aromatic heterocycles. The number of hydrogen-bond acceptors (Lipinski definition) is 4. The van der Waals surface area contributed by atoms with Gasteiger partial charge in [-0.3, -0.25) is 14.9 Å². The Morgan fingerprint density at radius 3 is 2.30 bits per heavy atom. The smallest absolute Gasteiger partial charge is 0.322 e. The molecule has 3 rings (SSSR count). The second-order valence-corrected chi connectivity index (χ2v) is 6.26. The van der Waals surface area contributed by atoms with Gasteiger partial charge in [-0.05, 0) is 32.1 Å². The number of amides is 4. The molecule has 7 nitrogen and oxygen atoms in total. The van der Waals surface area contributed by atoms with Crippen LogP contribution in [-0.2, 0) is 9.59 Å². The number of likely N-dealkylation sites (tertiary alicyclic amines) is 1. The quantitative estimate of drug-likeness (QED) is 0.591. The number of nitrogens with two attached hydrogens (primary N) is 1. The molecule has 7 heteroatoms. The Hall–Kier alpha value is -1.63. The second kappa shape index (κ2) is 4.44. The highest BCUT2D eigenvalue weighted by Crippen LogP contribution is 2.33. The van der Waals surface area contributed by atoms with Crippen molar-refractivity contribution in [3.8, 4) is 0 Å². The zero-order valence-corrected chi connectivity index (χ0v) is 11.4. The molecule has 0 aromatic carbocycles. The van der Waals surface area contributed by atoms with Crippen molar-refractivity contribution in [1.29, 1.82) is 0 Å². The number of piperidine rings is 1. The second-order valence-electron chi connectivity index (χ2n) is 6.26. The Labute approximate surface area is 117 Å². The fraction of sp³-hybridized carbons (Fsp3) is 0.769. The third-order valence-corrected chi connectivity index (χ3v) is 4.84. The topological polar surface area (TPSA) is 105 Å². The Balaban J connectivity index is 1.57. The lowest BCUT2D eigenvalue weighted by Gasteiger charge is -2.41. The summed E-state index contributed by atoms with van der Waals surface area (Å²) in [6.45, 7) is 0.977. The van der Waals surface area contributed by atoms with E-state index in [1.54, 1.807) is 4.90 Å². The molecule has 20 heavy (non-hydrogen) atoms. The molecule has 110 valence electrons. The molecule has 4 amide bonds. The normalized spacial score (nSPS) is 26.9. The largest absolute Gasteiger partial charge is 0.342 e. The molecule has 0 aromatic rings. The van der Waals surface area contributed by atoms with E-state index in [0.29, 0.717) is 32.4 Å². The van der Waals surface area contributed by atoms with Gasteiger partial charge >= 0.3 is 6.03 Å². The van der Waals surface area contributed by atoms with Crippen molar-refractivity contribution in [2.75, 3.05) is 13.1 Å². The Kier molecular flexibility index (Phi) is 2.97. The van der Waals surface area contributed by atoms with Crippen LogP contribution in [0, 0.1) is 0 Å². The van der Waals surface area contributed by atoms with Gasteiger partial charge in [-0.15, -0.1) is 0 Å². The van der Waals surface area contributed by atoms with Crippen LogP contribution in [-0.4, -0.2) is 46.9 Å². The van der Waals surface area contributed by atoms with Crippen molar-refractivity contribution in [1.82, 2.24) is 15.5 Å². The van der Waals surface area contributed by atoms with Gasteiger partial charge in [-0.25, -0.2) is 4.79 Å². The predicted molar refractivity (Wildman–Crippen MR) is 70.6 cm³/mol. The van der Waals surface area contributed by atoms with Gasteiger partial charge in [-0.2, -0.15) is 0 Å². The number of hydrogen-bond donors (Lipinski definition) is 3. The van der Waals surface area contributed by atoms with Crippen LogP contribution >= 0.6 is 0 Å². The molecule has 2 saturated heterocycles. The first-order valence-electron chi connectivity index (χ1n) is 7.13. The monoisotopic (exact) mass is 280 g/mol. The first kappa shape index (κ1) is 13.4. The molecular weight excluding hydrogens is 260 g/mol. The maximum atomic E-state index is 12.2. The van der Waals surface area contributed by atoms with Crippen molar-refractivity contribution in [3.05, 3.63) is 0 Å². The lowest BCUT2D eigenvalue weighted by molar-refractivity contribution is -0.137. The summed E-state index contributed by atoms with van der Waals surface area (Å²) in [7, 11) is 0. The van der Waals surface area contributed by atoms with E-state index in [9.17, 15) is 14.4 Å². The molecule has 2 heterocycles. The number of rotatable bonds is 2. The summed E-state index contributed by atoms with van der Waals surface area (Å²) in [4.78, 5) is 37.0. The van der Waals surface area contributed by atoms with E-state index in [2.05, 4.69) is 10.6 Å². The van der Waals surface area contributed by atoms with Gasteiger partial charge < -0.3 is 16.0 Å². The summed E-state index contributed by atoms with van der Waals surface area (Å²) in [5.41, 5.74) is 4.97. The van der Waals surface area contributed by atoms with E-state index in [1.165, 1.54) is 0 Å². The highest BCUT2D eigenvalue weighted by molar-refractivity contribution is 6.07. The first-order valence-corrected chi connectivity index (χ1v) is 7.13. The van der Waals surface area contributed by atoms with E-state index in [-0.39, 0.29) is 17.4 Å². The van der Waals surface area contributed by atoms with E-state index < -0.39 is 11.6 Å². The molecule has 0 bridgehead atoms. The minimum Gasteiger partial charge on any atom is -0.342 e. The molecule has 0 atom stereocenters. The maximum absolute atomic E-state index is 12.2. The van der Waals surface area contributed by atoms with E-state index in [0.717, 1.165) is 19.3 Å². The fourth-order valence-electron chi connectivity index (χ4n) is 3.24. The van der Waals surface area contributed by atoms with Gasteiger partial charge in [0.25, 0.3) is 5.91 Å². The van der Waals surface area contributed by atoms with Crippen molar-refractivity contribution in [2.24, 2.45) is 5.73 Å². The zero-order valence-electron chi connectivity index (χ0n) is 11.4. The number of urea groups is 1. The van der Waals surface area contributed by atoms with Crippen LogP contribution in [0.15, 0.2) is 0 Å². The van der Waals surface area contributed by atoms with Crippen LogP contribution in [0.2, 0.25) is 0 Å². The third-order valence-electron chi connectivity index (χ3n) is 4.84. The van der Waals surface area contributed by atoms with Gasteiger partial charge in [-0.1, -0.05) is 0 Å². The van der Waals surface area contributed by atoms with Gasteiger partial charge in [0.2, 0.25) is 5.91 Å². The molecule has 4 N–H and O–H groups in total. The molecule has 3 aliphatic rings. The summed E-state index contributed by atoms with van der Waals surface area (Å²) in [5, 5.41) is 4.95. The summed E-state index contributed by atoms with van der Waals surface area (Å²) in [6.07, 6.45) is 4.24. The lowest BCUT2D eigenvalue weighted by Crippen LogP contribution is -2.57. The summed E-state index contributed by atoms with van der Waals surface area (Å²) in [6, 6.07) is -0.440. The van der Waals surface area contributed by atoms with Crippen molar-refractivity contribution >= 4 is 17.8 Å². The van der Waals surface area contributed by atoms with Crippen LogP contribution in [0.1, 0.15) is 38.5 Å². The van der Waals surface area contributed by atoms with Crippen LogP contribution in [0.4, 0.5) is 4.79 Å². The first-order chi connectivity index (χ1) is 9.42. The highest BCUT2D eigenvalue weighted by Gasteiger charge is 2.48. The number of nitrogens with zero attached hydrogens (tertiary/aromatic N) is 1. The van der Waals surface area contributed by atoms with E-state index in [1.807, 2.05) is 0 Å². The van der Waals surface area contributed by atoms with Gasteiger partial charge in [0.05, 0.1) is 0 Å². The molecular formula is C13H20N4O3.